The first kappa shape index (κ1) is 13.6. The third kappa shape index (κ3) is 4.74. The van der Waals surface area contributed by atoms with Crippen LogP contribution in [0.15, 0.2) is 4.99 Å². The fraction of sp³-hybridized carbons (Fsp3) is 0.923. The minimum atomic E-state index is 0.719. The Morgan fingerprint density at radius 2 is 2.24 bits per heavy atom. The van der Waals surface area contributed by atoms with Crippen molar-refractivity contribution in [3.63, 3.8) is 0 Å². The molecule has 0 saturated carbocycles. The number of thioether (sulfide) groups is 2. The van der Waals surface area contributed by atoms with Crippen LogP contribution in [0.2, 0.25) is 0 Å². The Bertz CT molecular complexity index is 260. The van der Waals surface area contributed by atoms with Gasteiger partial charge in [0.25, 0.3) is 0 Å². The molecule has 0 aromatic rings. The summed E-state index contributed by atoms with van der Waals surface area (Å²) in [4.78, 5) is 4.61. The second-order valence-electron chi connectivity index (χ2n) is 5.38. The average molecular weight is 272 g/mol. The normalized spacial score (nSPS) is 29.5. The van der Waals surface area contributed by atoms with Gasteiger partial charge in [-0.15, -0.1) is 0 Å². The van der Waals surface area contributed by atoms with Crippen LogP contribution < -0.4 is 5.32 Å². The molecule has 2 heterocycles. The third-order valence-corrected chi connectivity index (χ3v) is 5.78. The topological polar surface area (TPSA) is 24.4 Å². The molecule has 2 aliphatic rings. The minimum absolute atomic E-state index is 0.719. The Kier molecular flexibility index (Phi) is 5.54. The van der Waals surface area contributed by atoms with E-state index in [1.165, 1.54) is 36.6 Å². The van der Waals surface area contributed by atoms with Gasteiger partial charge in [0.2, 0.25) is 0 Å². The van der Waals surface area contributed by atoms with Crippen LogP contribution in [-0.4, -0.2) is 34.5 Å². The van der Waals surface area contributed by atoms with Gasteiger partial charge in [0, 0.05) is 17.0 Å². The molecule has 0 amide bonds. The monoisotopic (exact) mass is 272 g/mol. The molecule has 1 saturated heterocycles. The van der Waals surface area contributed by atoms with Crippen molar-refractivity contribution in [1.82, 2.24) is 5.32 Å². The Hall–Kier alpha value is 0.170. The number of amidine groups is 1. The lowest BCUT2D eigenvalue weighted by Gasteiger charge is -2.21. The van der Waals surface area contributed by atoms with Crippen molar-refractivity contribution >= 4 is 28.7 Å². The summed E-state index contributed by atoms with van der Waals surface area (Å²) in [5.41, 5.74) is 0. The van der Waals surface area contributed by atoms with E-state index in [-0.39, 0.29) is 0 Å². The molecule has 0 aromatic heterocycles. The number of nitrogens with zero attached hydrogens (tertiary/aromatic N) is 1. The van der Waals surface area contributed by atoms with Crippen LogP contribution in [-0.2, 0) is 0 Å². The molecule has 0 spiro atoms. The largest absolute Gasteiger partial charge is 0.364 e. The molecule has 1 fully saturated rings. The molecule has 2 unspecified atom stereocenters. The maximum atomic E-state index is 4.61. The van der Waals surface area contributed by atoms with E-state index in [1.54, 1.807) is 0 Å². The molecule has 2 nitrogen and oxygen atoms in total. The highest BCUT2D eigenvalue weighted by atomic mass is 32.2. The lowest BCUT2D eigenvalue weighted by molar-refractivity contribution is 0.575. The van der Waals surface area contributed by atoms with Crippen LogP contribution in [0.3, 0.4) is 0 Å². The molecule has 98 valence electrons. The quantitative estimate of drug-likeness (QED) is 0.849. The van der Waals surface area contributed by atoms with Gasteiger partial charge in [-0.1, -0.05) is 32.0 Å². The number of nitrogens with one attached hydrogen (secondary N) is 1. The Balaban J connectivity index is 1.63. The number of hydrogen-bond acceptors (Lipinski definition) is 4. The lowest BCUT2D eigenvalue weighted by Crippen LogP contribution is -2.29. The molecule has 1 N–H and O–H groups in total. The molecular formula is C13H24N2S2. The van der Waals surface area contributed by atoms with Crippen molar-refractivity contribution in [2.24, 2.45) is 10.9 Å². The maximum Gasteiger partial charge on any atom is 0.156 e. The first-order valence-electron chi connectivity index (χ1n) is 6.80. The van der Waals surface area contributed by atoms with Crippen molar-refractivity contribution in [3.05, 3.63) is 0 Å². The molecule has 2 aliphatic heterocycles. The fourth-order valence-electron chi connectivity index (χ4n) is 2.33. The standard InChI is InChI=1S/C13H24N2S2/c1-10(2)7-12-9-15-13(17-12)14-8-11-5-3-4-6-16-11/h10-12H,3-9H2,1-2H3,(H,14,15). The molecule has 17 heavy (non-hydrogen) atoms. The SMILES string of the molecule is CC(C)CC1CN=C(NCC2CCCCS2)S1. The van der Waals surface area contributed by atoms with Gasteiger partial charge in [0.1, 0.15) is 0 Å². The zero-order valence-electron chi connectivity index (χ0n) is 10.9. The molecule has 0 radical (unpaired) electrons. The molecule has 0 bridgehead atoms. The van der Waals surface area contributed by atoms with Crippen LogP contribution in [0.1, 0.15) is 39.5 Å². The van der Waals surface area contributed by atoms with Crippen molar-refractivity contribution in [2.45, 2.75) is 50.0 Å². The van der Waals surface area contributed by atoms with Crippen molar-refractivity contribution in [1.29, 1.82) is 0 Å². The minimum Gasteiger partial charge on any atom is -0.364 e. The van der Waals surface area contributed by atoms with E-state index in [9.17, 15) is 0 Å². The first-order chi connectivity index (χ1) is 8.24. The number of hydrogen-bond donors (Lipinski definition) is 1. The summed E-state index contributed by atoms with van der Waals surface area (Å²) in [6.07, 6.45) is 5.49. The van der Waals surface area contributed by atoms with Gasteiger partial charge in [-0.2, -0.15) is 11.8 Å². The highest BCUT2D eigenvalue weighted by molar-refractivity contribution is 8.14. The molecule has 0 aromatic carbocycles. The number of rotatable bonds is 4. The summed E-state index contributed by atoms with van der Waals surface area (Å²) >= 11 is 4.09. The van der Waals surface area contributed by atoms with Gasteiger partial charge in [-0.25, -0.2) is 0 Å². The van der Waals surface area contributed by atoms with Gasteiger partial charge in [-0.05, 0) is 30.9 Å². The predicted molar refractivity (Wildman–Crippen MR) is 81.2 cm³/mol. The second-order valence-corrected chi connectivity index (χ2v) is 8.08. The van der Waals surface area contributed by atoms with E-state index in [0.29, 0.717) is 0 Å². The van der Waals surface area contributed by atoms with Crippen LogP contribution in [0, 0.1) is 5.92 Å². The Morgan fingerprint density at radius 3 is 2.94 bits per heavy atom. The summed E-state index contributed by atoms with van der Waals surface area (Å²) in [5.74, 6) is 2.14. The van der Waals surface area contributed by atoms with Crippen molar-refractivity contribution in [3.8, 4) is 0 Å². The Morgan fingerprint density at radius 1 is 1.35 bits per heavy atom. The molecule has 4 heteroatoms. The van der Waals surface area contributed by atoms with Gasteiger partial charge in [-0.3, -0.25) is 4.99 Å². The van der Waals surface area contributed by atoms with Gasteiger partial charge >= 0.3 is 0 Å². The van der Waals surface area contributed by atoms with Gasteiger partial charge in [0.05, 0.1) is 6.54 Å². The summed E-state index contributed by atoms with van der Waals surface area (Å²) in [6.45, 7) is 6.73. The summed E-state index contributed by atoms with van der Waals surface area (Å²) < 4.78 is 0. The van der Waals surface area contributed by atoms with Crippen LogP contribution in [0.5, 0.6) is 0 Å². The smallest absolute Gasteiger partial charge is 0.156 e. The van der Waals surface area contributed by atoms with Crippen molar-refractivity contribution in [2.75, 3.05) is 18.8 Å². The molecule has 2 atom stereocenters. The molecule has 0 aliphatic carbocycles. The van der Waals surface area contributed by atoms with E-state index in [4.69, 9.17) is 0 Å². The average Bonchev–Trinajstić information content (AvgIpc) is 2.75. The molecule has 2 rings (SSSR count). The highest BCUT2D eigenvalue weighted by Gasteiger charge is 2.21. The highest BCUT2D eigenvalue weighted by Crippen LogP contribution is 2.27. The van der Waals surface area contributed by atoms with E-state index in [2.05, 4.69) is 35.9 Å². The van der Waals surface area contributed by atoms with Crippen LogP contribution in [0.4, 0.5) is 0 Å². The zero-order chi connectivity index (χ0) is 12.1. The fourth-order valence-corrected chi connectivity index (χ4v) is 4.83. The summed E-state index contributed by atoms with van der Waals surface area (Å²) in [6, 6.07) is 0. The number of aliphatic imine (C=N–C) groups is 1. The van der Waals surface area contributed by atoms with Crippen LogP contribution >= 0.6 is 23.5 Å². The van der Waals surface area contributed by atoms with Gasteiger partial charge < -0.3 is 5.32 Å². The van der Waals surface area contributed by atoms with E-state index >= 15 is 0 Å². The lowest BCUT2D eigenvalue weighted by atomic mass is 10.1. The Labute approximate surface area is 114 Å². The van der Waals surface area contributed by atoms with E-state index < -0.39 is 0 Å². The predicted octanol–water partition coefficient (Wildman–Crippen LogP) is 3.38. The zero-order valence-corrected chi connectivity index (χ0v) is 12.6. The molecular weight excluding hydrogens is 248 g/mol. The van der Waals surface area contributed by atoms with Crippen molar-refractivity contribution < 1.29 is 0 Å². The second kappa shape index (κ2) is 6.93. The third-order valence-electron chi connectivity index (χ3n) is 3.21. The summed E-state index contributed by atoms with van der Waals surface area (Å²) in [7, 11) is 0. The van der Waals surface area contributed by atoms with E-state index in [0.717, 1.165) is 29.5 Å². The van der Waals surface area contributed by atoms with E-state index in [1.807, 2.05) is 11.8 Å². The first-order valence-corrected chi connectivity index (χ1v) is 8.73. The van der Waals surface area contributed by atoms with Crippen LogP contribution in [0.25, 0.3) is 0 Å². The summed E-state index contributed by atoms with van der Waals surface area (Å²) in [5, 5.41) is 6.28. The van der Waals surface area contributed by atoms with Gasteiger partial charge in [0.15, 0.2) is 5.17 Å². The maximum absolute atomic E-state index is 4.61.